The van der Waals surface area contributed by atoms with Crippen molar-refractivity contribution in [2.24, 2.45) is 0 Å². The summed E-state index contributed by atoms with van der Waals surface area (Å²) in [6, 6.07) is 19.8. The van der Waals surface area contributed by atoms with E-state index in [1.807, 2.05) is 42.5 Å². The third-order valence-electron chi connectivity index (χ3n) is 4.12. The lowest BCUT2D eigenvalue weighted by Crippen LogP contribution is -2.11. The molecule has 0 fully saturated rings. The lowest BCUT2D eigenvalue weighted by Gasteiger charge is -2.03. The van der Waals surface area contributed by atoms with Crippen LogP contribution in [-0.2, 0) is 5.75 Å². The molecule has 0 spiro atoms. The molecule has 0 unspecified atom stereocenters. The number of nitro groups is 1. The van der Waals surface area contributed by atoms with Gasteiger partial charge in [0.1, 0.15) is 0 Å². The summed E-state index contributed by atoms with van der Waals surface area (Å²) in [6.45, 7) is 0. The number of nitrogens with zero attached hydrogens (tertiary/aromatic N) is 3. The smallest absolute Gasteiger partial charge is 0.269 e. The zero-order valence-corrected chi connectivity index (χ0v) is 16.6. The van der Waals surface area contributed by atoms with E-state index >= 15 is 0 Å². The van der Waals surface area contributed by atoms with Crippen LogP contribution in [0.15, 0.2) is 71.1 Å². The van der Waals surface area contributed by atoms with Crippen molar-refractivity contribution in [2.75, 3.05) is 5.32 Å². The largest absolute Gasteiger partial charge is 0.296 e. The highest BCUT2D eigenvalue weighted by Crippen LogP contribution is 2.29. The number of rotatable bonds is 6. The fourth-order valence-corrected chi connectivity index (χ4v) is 4.41. The fraction of sp³-hybridized carbons (Fsp3) is 0.0500. The van der Waals surface area contributed by atoms with E-state index in [4.69, 9.17) is 0 Å². The standard InChI is InChI=1S/C20H14N4O3S2/c25-18(16-9-8-14-5-1-2-6-15(14)11-16)21-19-22-23-20(29-19)28-12-13-4-3-7-17(10-13)24(26)27/h1-11H,12H2,(H,21,22,25). The van der Waals surface area contributed by atoms with Gasteiger partial charge in [-0.05, 0) is 28.5 Å². The second-order valence-electron chi connectivity index (χ2n) is 6.10. The maximum absolute atomic E-state index is 12.5. The Balaban J connectivity index is 1.40. The number of hydrogen-bond donors (Lipinski definition) is 1. The fourth-order valence-electron chi connectivity index (χ4n) is 2.72. The van der Waals surface area contributed by atoms with Crippen LogP contribution in [0.1, 0.15) is 15.9 Å². The number of carbonyl (C=O) groups excluding carboxylic acids is 1. The molecule has 0 atom stereocenters. The molecule has 29 heavy (non-hydrogen) atoms. The number of fused-ring (bicyclic) bond motifs is 1. The minimum atomic E-state index is -0.417. The van der Waals surface area contributed by atoms with Gasteiger partial charge in [0.05, 0.1) is 4.92 Å². The lowest BCUT2D eigenvalue weighted by molar-refractivity contribution is -0.384. The maximum atomic E-state index is 12.5. The van der Waals surface area contributed by atoms with Gasteiger partial charge in [-0.15, -0.1) is 10.2 Å². The SMILES string of the molecule is O=C(Nc1nnc(SCc2cccc([N+](=O)[O-])c2)s1)c1ccc2ccccc2c1. The average molecular weight is 422 g/mol. The van der Waals surface area contributed by atoms with E-state index in [0.29, 0.717) is 20.8 Å². The molecule has 144 valence electrons. The van der Waals surface area contributed by atoms with Gasteiger partial charge in [0.2, 0.25) is 5.13 Å². The number of amides is 1. The second-order valence-corrected chi connectivity index (χ2v) is 8.30. The molecule has 1 amide bonds. The Hall–Kier alpha value is -3.30. The molecule has 0 aliphatic heterocycles. The molecule has 0 saturated heterocycles. The molecule has 1 heterocycles. The number of thioether (sulfide) groups is 1. The Bertz CT molecular complexity index is 1210. The first kappa shape index (κ1) is 19.0. The van der Waals surface area contributed by atoms with E-state index in [1.165, 1.54) is 35.2 Å². The first-order valence-electron chi connectivity index (χ1n) is 8.58. The highest BCUT2D eigenvalue weighted by molar-refractivity contribution is 8.00. The number of carbonyl (C=O) groups is 1. The number of nitro benzene ring substituents is 1. The van der Waals surface area contributed by atoms with E-state index < -0.39 is 4.92 Å². The molecule has 0 bridgehead atoms. The normalized spacial score (nSPS) is 10.8. The molecular formula is C20H14N4O3S2. The lowest BCUT2D eigenvalue weighted by atomic mass is 10.1. The van der Waals surface area contributed by atoms with Crippen molar-refractivity contribution >= 4 is 50.6 Å². The van der Waals surface area contributed by atoms with Gasteiger partial charge in [-0.3, -0.25) is 20.2 Å². The van der Waals surface area contributed by atoms with Gasteiger partial charge in [-0.1, -0.05) is 65.6 Å². The summed E-state index contributed by atoms with van der Waals surface area (Å²) in [7, 11) is 0. The Morgan fingerprint density at radius 1 is 1.03 bits per heavy atom. The van der Waals surface area contributed by atoms with Gasteiger partial charge in [0.15, 0.2) is 4.34 Å². The van der Waals surface area contributed by atoms with Crippen LogP contribution >= 0.6 is 23.1 Å². The molecule has 0 aliphatic rings. The van der Waals surface area contributed by atoms with Crippen molar-refractivity contribution in [2.45, 2.75) is 10.1 Å². The van der Waals surface area contributed by atoms with Crippen molar-refractivity contribution in [3.05, 3.63) is 88.0 Å². The topological polar surface area (TPSA) is 98.0 Å². The van der Waals surface area contributed by atoms with Gasteiger partial charge in [0, 0.05) is 23.4 Å². The summed E-state index contributed by atoms with van der Waals surface area (Å²) in [5.74, 6) is 0.275. The quantitative estimate of drug-likeness (QED) is 0.200. The summed E-state index contributed by atoms with van der Waals surface area (Å²) in [6.07, 6.45) is 0. The third-order valence-corrected chi connectivity index (χ3v) is 6.17. The van der Waals surface area contributed by atoms with Gasteiger partial charge < -0.3 is 0 Å². The zero-order chi connectivity index (χ0) is 20.2. The van der Waals surface area contributed by atoms with E-state index in [-0.39, 0.29) is 11.6 Å². The zero-order valence-electron chi connectivity index (χ0n) is 14.9. The number of non-ortho nitro benzene ring substituents is 1. The highest BCUT2D eigenvalue weighted by atomic mass is 32.2. The van der Waals surface area contributed by atoms with Crippen molar-refractivity contribution in [3.8, 4) is 0 Å². The second kappa shape index (κ2) is 8.38. The molecule has 1 N–H and O–H groups in total. The summed E-state index contributed by atoms with van der Waals surface area (Å²) >= 11 is 2.67. The van der Waals surface area contributed by atoms with Crippen LogP contribution in [0.2, 0.25) is 0 Å². The van der Waals surface area contributed by atoms with Crippen LogP contribution in [0.5, 0.6) is 0 Å². The summed E-state index contributed by atoms with van der Waals surface area (Å²) in [5.41, 5.74) is 1.43. The highest BCUT2D eigenvalue weighted by Gasteiger charge is 2.12. The Labute approximate surface area is 173 Å². The Morgan fingerprint density at radius 2 is 1.86 bits per heavy atom. The number of aromatic nitrogens is 2. The molecule has 7 nitrogen and oxygen atoms in total. The van der Waals surface area contributed by atoms with Crippen LogP contribution in [0.4, 0.5) is 10.8 Å². The monoisotopic (exact) mass is 422 g/mol. The first-order valence-corrected chi connectivity index (χ1v) is 10.4. The number of benzene rings is 3. The first-order chi connectivity index (χ1) is 14.1. The van der Waals surface area contributed by atoms with E-state index in [2.05, 4.69) is 15.5 Å². The van der Waals surface area contributed by atoms with Gasteiger partial charge in [-0.25, -0.2) is 0 Å². The Morgan fingerprint density at radius 3 is 2.69 bits per heavy atom. The van der Waals surface area contributed by atoms with Crippen LogP contribution < -0.4 is 5.32 Å². The molecule has 9 heteroatoms. The summed E-state index contributed by atoms with van der Waals surface area (Å²) in [5, 5.41) is 24.2. The van der Waals surface area contributed by atoms with Crippen molar-refractivity contribution in [3.63, 3.8) is 0 Å². The van der Waals surface area contributed by atoms with E-state index in [1.54, 1.807) is 12.1 Å². The Kier molecular flexibility index (Phi) is 5.50. The van der Waals surface area contributed by atoms with Crippen LogP contribution in [0.25, 0.3) is 10.8 Å². The van der Waals surface area contributed by atoms with Gasteiger partial charge in [0.25, 0.3) is 11.6 Å². The summed E-state index contributed by atoms with van der Waals surface area (Å²) < 4.78 is 0.672. The van der Waals surface area contributed by atoms with Crippen LogP contribution in [-0.4, -0.2) is 21.0 Å². The maximum Gasteiger partial charge on any atom is 0.269 e. The molecule has 0 saturated carbocycles. The molecule has 0 aliphatic carbocycles. The molecule has 0 radical (unpaired) electrons. The molecule has 3 aromatic carbocycles. The van der Waals surface area contributed by atoms with Crippen molar-refractivity contribution < 1.29 is 9.72 Å². The minimum Gasteiger partial charge on any atom is -0.296 e. The van der Waals surface area contributed by atoms with E-state index in [0.717, 1.165) is 16.3 Å². The van der Waals surface area contributed by atoms with Crippen molar-refractivity contribution in [1.29, 1.82) is 0 Å². The third kappa shape index (κ3) is 4.58. The number of nitrogens with one attached hydrogen (secondary N) is 1. The summed E-state index contributed by atoms with van der Waals surface area (Å²) in [4.78, 5) is 22.9. The van der Waals surface area contributed by atoms with Gasteiger partial charge >= 0.3 is 0 Å². The minimum absolute atomic E-state index is 0.0590. The predicted octanol–water partition coefficient (Wildman–Crippen LogP) is 5.14. The van der Waals surface area contributed by atoms with Gasteiger partial charge in [-0.2, -0.15) is 0 Å². The average Bonchev–Trinajstić information content (AvgIpc) is 3.19. The molecule has 4 rings (SSSR count). The molecular weight excluding hydrogens is 408 g/mol. The van der Waals surface area contributed by atoms with Crippen LogP contribution in [0.3, 0.4) is 0 Å². The van der Waals surface area contributed by atoms with Crippen LogP contribution in [0, 0.1) is 10.1 Å². The number of anilines is 1. The molecule has 1 aromatic heterocycles. The van der Waals surface area contributed by atoms with E-state index in [9.17, 15) is 14.9 Å². The predicted molar refractivity (Wildman–Crippen MR) is 114 cm³/mol. The number of hydrogen-bond acceptors (Lipinski definition) is 7. The van der Waals surface area contributed by atoms with Crippen molar-refractivity contribution in [1.82, 2.24) is 10.2 Å². The molecule has 4 aromatic rings.